The fourth-order valence-electron chi connectivity index (χ4n) is 3.60. The van der Waals surface area contributed by atoms with E-state index in [-0.39, 0.29) is 11.9 Å². The lowest BCUT2D eigenvalue weighted by Gasteiger charge is -2.26. The van der Waals surface area contributed by atoms with Crippen LogP contribution in [0.15, 0.2) is 36.4 Å². The molecule has 0 radical (unpaired) electrons. The third-order valence-electron chi connectivity index (χ3n) is 5.02. The maximum atomic E-state index is 12.4. The van der Waals surface area contributed by atoms with Crippen LogP contribution >= 0.6 is 23.2 Å². The Morgan fingerprint density at radius 3 is 2.61 bits per heavy atom. The van der Waals surface area contributed by atoms with Crippen LogP contribution in [0.5, 0.6) is 11.5 Å². The van der Waals surface area contributed by atoms with E-state index in [1.54, 1.807) is 32.4 Å². The van der Waals surface area contributed by atoms with Crippen LogP contribution in [-0.4, -0.2) is 38.1 Å². The largest absolute Gasteiger partial charge is 0.497 e. The van der Waals surface area contributed by atoms with E-state index in [2.05, 4.69) is 10.2 Å². The second-order valence-electron chi connectivity index (χ2n) is 6.70. The Bertz CT molecular complexity index is 824. The quantitative estimate of drug-likeness (QED) is 0.667. The highest BCUT2D eigenvalue weighted by molar-refractivity contribution is 6.39. The molecule has 150 valence electrons. The van der Waals surface area contributed by atoms with Crippen molar-refractivity contribution < 1.29 is 14.3 Å². The first-order valence-corrected chi connectivity index (χ1v) is 9.99. The first-order valence-electron chi connectivity index (χ1n) is 9.23. The maximum absolute atomic E-state index is 12.4. The molecule has 0 aliphatic carbocycles. The van der Waals surface area contributed by atoms with Gasteiger partial charge in [0.1, 0.15) is 11.5 Å². The summed E-state index contributed by atoms with van der Waals surface area (Å²) < 4.78 is 10.9. The molecule has 1 aliphatic heterocycles. The Labute approximate surface area is 175 Å². The van der Waals surface area contributed by atoms with Crippen LogP contribution in [-0.2, 0) is 4.79 Å². The zero-order valence-corrected chi connectivity index (χ0v) is 17.5. The number of para-hydroxylation sites is 1. The van der Waals surface area contributed by atoms with Crippen molar-refractivity contribution in [1.29, 1.82) is 0 Å². The molecule has 2 aromatic rings. The summed E-state index contributed by atoms with van der Waals surface area (Å²) in [7, 11) is 3.30. The highest BCUT2D eigenvalue weighted by Gasteiger charge is 2.28. The Morgan fingerprint density at radius 2 is 1.93 bits per heavy atom. The molecule has 1 aliphatic rings. The van der Waals surface area contributed by atoms with Crippen molar-refractivity contribution in [2.24, 2.45) is 0 Å². The number of rotatable bonds is 7. The van der Waals surface area contributed by atoms with Crippen LogP contribution in [0, 0.1) is 0 Å². The molecule has 1 atom stereocenters. The number of carbonyl (C=O) groups is 1. The van der Waals surface area contributed by atoms with E-state index in [0.717, 1.165) is 36.4 Å². The summed E-state index contributed by atoms with van der Waals surface area (Å²) in [4.78, 5) is 14.7. The second-order valence-corrected chi connectivity index (χ2v) is 7.51. The van der Waals surface area contributed by atoms with E-state index in [9.17, 15) is 4.79 Å². The Morgan fingerprint density at radius 1 is 1.18 bits per heavy atom. The molecule has 3 rings (SSSR count). The topological polar surface area (TPSA) is 50.8 Å². The van der Waals surface area contributed by atoms with E-state index in [0.29, 0.717) is 28.7 Å². The van der Waals surface area contributed by atoms with Gasteiger partial charge in [0.25, 0.3) is 0 Å². The Hall–Kier alpha value is -1.95. The van der Waals surface area contributed by atoms with E-state index in [4.69, 9.17) is 32.7 Å². The maximum Gasteiger partial charge on any atom is 0.225 e. The van der Waals surface area contributed by atoms with Gasteiger partial charge in [0.05, 0.1) is 30.0 Å². The van der Waals surface area contributed by atoms with Gasteiger partial charge in [-0.3, -0.25) is 9.69 Å². The van der Waals surface area contributed by atoms with Crippen LogP contribution in [0.3, 0.4) is 0 Å². The first kappa shape index (κ1) is 20.8. The van der Waals surface area contributed by atoms with Crippen LogP contribution in [0.1, 0.15) is 30.9 Å². The molecular formula is C21H24Cl2N2O3. The molecule has 1 saturated heterocycles. The molecule has 0 unspecified atom stereocenters. The van der Waals surface area contributed by atoms with Crippen molar-refractivity contribution in [2.45, 2.75) is 25.3 Å². The van der Waals surface area contributed by atoms with Crippen molar-refractivity contribution in [3.8, 4) is 11.5 Å². The third-order valence-corrected chi connectivity index (χ3v) is 5.65. The fourth-order valence-corrected chi connectivity index (χ4v) is 4.10. The summed E-state index contributed by atoms with van der Waals surface area (Å²) in [6, 6.07) is 11.3. The molecule has 1 heterocycles. The van der Waals surface area contributed by atoms with Gasteiger partial charge in [-0.1, -0.05) is 35.3 Å². The monoisotopic (exact) mass is 422 g/mol. The van der Waals surface area contributed by atoms with Gasteiger partial charge < -0.3 is 14.8 Å². The number of anilines is 1. The molecule has 0 bridgehead atoms. The van der Waals surface area contributed by atoms with E-state index in [1.165, 1.54) is 0 Å². The van der Waals surface area contributed by atoms with Crippen molar-refractivity contribution in [3.63, 3.8) is 0 Å². The summed E-state index contributed by atoms with van der Waals surface area (Å²) >= 11 is 12.3. The third kappa shape index (κ3) is 4.72. The molecule has 5 nitrogen and oxygen atoms in total. The molecule has 0 saturated carbocycles. The highest BCUT2D eigenvalue weighted by Crippen LogP contribution is 2.38. The van der Waals surface area contributed by atoms with Crippen LogP contribution < -0.4 is 14.8 Å². The lowest BCUT2D eigenvalue weighted by atomic mass is 10.0. The molecule has 0 aromatic heterocycles. The number of likely N-dealkylation sites (tertiary alicyclic amines) is 1. The van der Waals surface area contributed by atoms with Gasteiger partial charge in [-0.2, -0.15) is 0 Å². The van der Waals surface area contributed by atoms with Crippen molar-refractivity contribution in [2.75, 3.05) is 32.6 Å². The minimum atomic E-state index is -0.109. The van der Waals surface area contributed by atoms with Gasteiger partial charge in [0.15, 0.2) is 0 Å². The fraction of sp³-hybridized carbons (Fsp3) is 0.381. The van der Waals surface area contributed by atoms with E-state index < -0.39 is 0 Å². The average Bonchev–Trinajstić information content (AvgIpc) is 3.17. The predicted molar refractivity (Wildman–Crippen MR) is 113 cm³/mol. The molecule has 1 amide bonds. The molecule has 1 fully saturated rings. The van der Waals surface area contributed by atoms with Crippen LogP contribution in [0.4, 0.5) is 5.69 Å². The van der Waals surface area contributed by atoms with Gasteiger partial charge >= 0.3 is 0 Å². The zero-order valence-electron chi connectivity index (χ0n) is 16.0. The van der Waals surface area contributed by atoms with Crippen LogP contribution in [0.25, 0.3) is 0 Å². The highest BCUT2D eigenvalue weighted by atomic mass is 35.5. The number of hydrogen-bond donors (Lipinski definition) is 1. The molecule has 1 N–H and O–H groups in total. The van der Waals surface area contributed by atoms with Crippen molar-refractivity contribution in [3.05, 3.63) is 52.0 Å². The molecule has 7 heteroatoms. The number of hydrogen-bond acceptors (Lipinski definition) is 4. The number of nitrogens with zero attached hydrogens (tertiary/aromatic N) is 1. The Kier molecular flexibility index (Phi) is 7.05. The summed E-state index contributed by atoms with van der Waals surface area (Å²) in [6.07, 6.45) is 2.47. The summed E-state index contributed by atoms with van der Waals surface area (Å²) in [5.74, 6) is 1.46. The zero-order chi connectivity index (χ0) is 20.1. The minimum absolute atomic E-state index is 0.109. The number of halogens is 2. The normalized spacial score (nSPS) is 16.8. The number of methoxy groups -OCH3 is 2. The molecule has 0 spiro atoms. The van der Waals surface area contributed by atoms with Crippen molar-refractivity contribution >= 4 is 34.8 Å². The smallest absolute Gasteiger partial charge is 0.225 e. The molecular weight excluding hydrogens is 399 g/mol. The molecule has 28 heavy (non-hydrogen) atoms. The standard InChI is InChI=1S/C21H24Cl2N2O3/c1-27-14-8-9-15(19(13-14)28-2)18-7-4-11-25(18)12-10-20(26)24-21-16(22)5-3-6-17(21)23/h3,5-6,8-9,13,18H,4,7,10-12H2,1-2H3,(H,24,26)/t18-/m1/s1. The Balaban J connectivity index is 1.65. The number of nitrogens with one attached hydrogen (secondary N) is 1. The van der Waals surface area contributed by atoms with Crippen molar-refractivity contribution in [1.82, 2.24) is 4.90 Å². The van der Waals surface area contributed by atoms with Crippen LogP contribution in [0.2, 0.25) is 10.0 Å². The number of carbonyl (C=O) groups excluding carboxylic acids is 1. The number of ether oxygens (including phenoxy) is 2. The lowest BCUT2D eigenvalue weighted by molar-refractivity contribution is -0.116. The van der Waals surface area contributed by atoms with Gasteiger partial charge in [-0.25, -0.2) is 0 Å². The van der Waals surface area contributed by atoms with E-state index >= 15 is 0 Å². The van der Waals surface area contributed by atoms with Gasteiger partial charge in [0, 0.05) is 30.6 Å². The SMILES string of the molecule is COc1ccc([C@H]2CCCN2CCC(=O)Nc2c(Cl)cccc2Cl)c(OC)c1. The average molecular weight is 423 g/mol. The predicted octanol–water partition coefficient (Wildman–Crippen LogP) is 5.18. The first-order chi connectivity index (χ1) is 13.5. The number of amides is 1. The van der Waals surface area contributed by atoms with Gasteiger partial charge in [-0.05, 0) is 37.6 Å². The summed E-state index contributed by atoms with van der Waals surface area (Å²) in [5, 5.41) is 3.69. The second kappa shape index (κ2) is 9.50. The van der Waals surface area contributed by atoms with Gasteiger partial charge in [0.2, 0.25) is 5.91 Å². The number of benzene rings is 2. The lowest BCUT2D eigenvalue weighted by Crippen LogP contribution is -2.28. The molecule has 2 aromatic carbocycles. The van der Waals surface area contributed by atoms with Gasteiger partial charge in [-0.15, -0.1) is 0 Å². The van der Waals surface area contributed by atoms with E-state index in [1.807, 2.05) is 18.2 Å². The summed E-state index contributed by atoms with van der Waals surface area (Å²) in [6.45, 7) is 1.59. The minimum Gasteiger partial charge on any atom is -0.497 e. The summed E-state index contributed by atoms with van der Waals surface area (Å²) in [5.41, 5.74) is 1.58.